The first-order valence-corrected chi connectivity index (χ1v) is 7.75. The molecule has 0 aliphatic heterocycles. The van der Waals surface area contributed by atoms with E-state index in [0.29, 0.717) is 11.4 Å². The number of para-hydroxylation sites is 2. The number of carbonyl (C=O) groups is 1. The average molecular weight is 334 g/mol. The number of pyridine rings is 1. The lowest BCUT2D eigenvalue weighted by atomic mass is 10.2. The van der Waals surface area contributed by atoms with Crippen LogP contribution < -0.4 is 15.8 Å². The molecule has 25 heavy (non-hydrogen) atoms. The van der Waals surface area contributed by atoms with Gasteiger partial charge in [-0.25, -0.2) is 10.2 Å². The van der Waals surface area contributed by atoms with E-state index in [4.69, 9.17) is 0 Å². The maximum absolute atomic E-state index is 12.8. The summed E-state index contributed by atoms with van der Waals surface area (Å²) in [4.78, 5) is 14.3. The van der Waals surface area contributed by atoms with E-state index in [0.717, 1.165) is 0 Å². The van der Waals surface area contributed by atoms with Gasteiger partial charge in [-0.05, 0) is 36.4 Å². The van der Waals surface area contributed by atoms with Gasteiger partial charge in [-0.15, -0.1) is 5.10 Å². The molecule has 1 aromatic heterocycles. The zero-order valence-corrected chi connectivity index (χ0v) is 13.7. The predicted octanol–water partition coefficient (Wildman–Crippen LogP) is 3.09. The normalized spacial score (nSPS) is 11.2. The van der Waals surface area contributed by atoms with Gasteiger partial charge < -0.3 is 9.67 Å². The average Bonchev–Trinajstić information content (AvgIpc) is 2.63. The number of aromatic hydroxyl groups is 1. The van der Waals surface area contributed by atoms with Crippen molar-refractivity contribution in [1.29, 1.82) is 0 Å². The molecule has 0 aliphatic rings. The van der Waals surface area contributed by atoms with Crippen molar-refractivity contribution in [1.82, 2.24) is 9.99 Å². The van der Waals surface area contributed by atoms with Gasteiger partial charge in [0.15, 0.2) is 11.2 Å². The summed E-state index contributed by atoms with van der Waals surface area (Å²) >= 11 is 0. The van der Waals surface area contributed by atoms with Crippen LogP contribution in [0.3, 0.4) is 0 Å². The lowest BCUT2D eigenvalue weighted by molar-refractivity contribution is 0.248. The molecule has 0 saturated carbocycles. The van der Waals surface area contributed by atoms with Crippen LogP contribution in [0.25, 0.3) is 0 Å². The Balaban J connectivity index is 1.96. The Morgan fingerprint density at radius 2 is 1.52 bits per heavy atom. The van der Waals surface area contributed by atoms with Gasteiger partial charge >= 0.3 is 6.03 Å². The van der Waals surface area contributed by atoms with Crippen LogP contribution in [0.4, 0.5) is 16.2 Å². The molecule has 0 fully saturated rings. The Bertz CT molecular complexity index is 858. The van der Waals surface area contributed by atoms with Crippen molar-refractivity contribution in [2.24, 2.45) is 12.1 Å². The third-order valence-corrected chi connectivity index (χ3v) is 3.62. The monoisotopic (exact) mass is 334 g/mol. The number of anilines is 2. The highest BCUT2D eigenvalue weighted by Crippen LogP contribution is 2.24. The van der Waals surface area contributed by atoms with E-state index in [2.05, 4.69) is 10.5 Å². The van der Waals surface area contributed by atoms with Crippen LogP contribution in [0.5, 0.6) is 5.75 Å². The highest BCUT2D eigenvalue weighted by molar-refractivity contribution is 5.99. The van der Waals surface area contributed by atoms with E-state index >= 15 is 0 Å². The topological polar surface area (TPSA) is 69.9 Å². The van der Waals surface area contributed by atoms with Gasteiger partial charge in [0, 0.05) is 13.2 Å². The molecule has 1 heterocycles. The minimum atomic E-state index is -0.430. The van der Waals surface area contributed by atoms with Crippen molar-refractivity contribution in [3.05, 3.63) is 84.5 Å². The minimum Gasteiger partial charge on any atom is -0.504 e. The van der Waals surface area contributed by atoms with Crippen molar-refractivity contribution >= 4 is 17.4 Å². The Kier molecular flexibility index (Phi) is 4.80. The highest BCUT2D eigenvalue weighted by atomic mass is 16.3. The fourth-order valence-corrected chi connectivity index (χ4v) is 2.41. The van der Waals surface area contributed by atoms with Gasteiger partial charge in [-0.3, -0.25) is 4.90 Å². The lowest BCUT2D eigenvalue weighted by Crippen LogP contribution is -2.36. The number of hydrogen-bond acceptors (Lipinski definition) is 3. The number of nitrogens with zero attached hydrogens (tertiary/aromatic N) is 3. The summed E-state index contributed by atoms with van der Waals surface area (Å²) in [7, 11) is 1.73. The molecule has 0 radical (unpaired) electrons. The second kappa shape index (κ2) is 7.35. The van der Waals surface area contributed by atoms with Gasteiger partial charge in [0.1, 0.15) is 0 Å². The molecule has 3 rings (SSSR count). The van der Waals surface area contributed by atoms with Crippen molar-refractivity contribution < 1.29 is 9.90 Å². The molecule has 3 aromatic rings. The fraction of sp³-hybridized carbons (Fsp3) is 0.0526. The van der Waals surface area contributed by atoms with E-state index in [1.807, 2.05) is 60.7 Å². The number of amides is 2. The van der Waals surface area contributed by atoms with Gasteiger partial charge in [0.05, 0.1) is 11.4 Å². The third-order valence-electron chi connectivity index (χ3n) is 3.62. The number of nitrogens with one attached hydrogen (secondary N) is 1. The van der Waals surface area contributed by atoms with Crippen LogP contribution in [-0.4, -0.2) is 15.7 Å². The van der Waals surface area contributed by atoms with Crippen LogP contribution >= 0.6 is 0 Å². The van der Waals surface area contributed by atoms with Crippen molar-refractivity contribution in [2.75, 3.05) is 4.90 Å². The molecule has 0 spiro atoms. The van der Waals surface area contributed by atoms with E-state index in [1.54, 1.807) is 23.9 Å². The van der Waals surface area contributed by atoms with E-state index < -0.39 is 6.03 Å². The molecule has 0 bridgehead atoms. The molecule has 126 valence electrons. The largest absolute Gasteiger partial charge is 0.504 e. The lowest BCUT2D eigenvalue weighted by Gasteiger charge is -2.22. The van der Waals surface area contributed by atoms with Gasteiger partial charge in [0.25, 0.3) is 0 Å². The van der Waals surface area contributed by atoms with E-state index in [1.165, 1.54) is 11.0 Å². The summed E-state index contributed by atoms with van der Waals surface area (Å²) in [6.45, 7) is 0. The number of carbonyl (C=O) groups excluding carboxylic acids is 1. The maximum atomic E-state index is 12.8. The molecule has 2 N–H and O–H groups in total. The SMILES string of the molecule is Cn1cccc(O)c1=NNC(=O)N(c1ccccc1)c1ccccc1. The maximum Gasteiger partial charge on any atom is 0.346 e. The minimum absolute atomic E-state index is 0.0173. The van der Waals surface area contributed by atoms with Crippen molar-refractivity contribution in [3.63, 3.8) is 0 Å². The quantitative estimate of drug-likeness (QED) is 0.723. The predicted molar refractivity (Wildman–Crippen MR) is 96.2 cm³/mol. The summed E-state index contributed by atoms with van der Waals surface area (Å²) in [5.41, 5.74) is 4.19. The number of benzene rings is 2. The van der Waals surface area contributed by atoms with E-state index in [9.17, 15) is 9.90 Å². The summed E-state index contributed by atoms with van der Waals surface area (Å²) < 4.78 is 1.62. The molecule has 0 unspecified atom stereocenters. The van der Waals surface area contributed by atoms with Crippen LogP contribution in [0, 0.1) is 0 Å². The van der Waals surface area contributed by atoms with Gasteiger partial charge in [-0.1, -0.05) is 36.4 Å². The molecule has 0 atom stereocenters. The molecule has 6 heteroatoms. The van der Waals surface area contributed by atoms with Crippen molar-refractivity contribution in [3.8, 4) is 5.75 Å². The fourth-order valence-electron chi connectivity index (χ4n) is 2.41. The second-order valence-corrected chi connectivity index (χ2v) is 5.36. The summed E-state index contributed by atoms with van der Waals surface area (Å²) in [5.74, 6) is -0.0173. The summed E-state index contributed by atoms with van der Waals surface area (Å²) in [6, 6.07) is 21.3. The summed E-state index contributed by atoms with van der Waals surface area (Å²) in [5, 5.41) is 13.9. The number of hydrogen-bond donors (Lipinski definition) is 2. The molecule has 2 aromatic carbocycles. The molecule has 0 aliphatic carbocycles. The van der Waals surface area contributed by atoms with Crippen molar-refractivity contribution in [2.45, 2.75) is 0 Å². The molecular formula is C19H18N4O2. The van der Waals surface area contributed by atoms with E-state index in [-0.39, 0.29) is 11.2 Å². The van der Waals surface area contributed by atoms with Crippen LogP contribution in [0.15, 0.2) is 84.1 Å². The smallest absolute Gasteiger partial charge is 0.346 e. The zero-order valence-electron chi connectivity index (χ0n) is 13.7. The first-order valence-electron chi connectivity index (χ1n) is 7.75. The third kappa shape index (κ3) is 3.69. The number of aromatic nitrogens is 1. The standard InChI is InChI=1S/C19H18N4O2/c1-22-14-8-13-17(24)18(22)20-21-19(25)23(15-9-4-2-5-10-15)16-11-6-3-7-12-16/h2-14,24H,1H3,(H,21,25). The van der Waals surface area contributed by atoms with Crippen LogP contribution in [0.2, 0.25) is 0 Å². The number of aryl methyl sites for hydroxylation is 1. The second-order valence-electron chi connectivity index (χ2n) is 5.36. The number of rotatable bonds is 3. The van der Waals surface area contributed by atoms with Crippen LogP contribution in [0.1, 0.15) is 0 Å². The van der Waals surface area contributed by atoms with Gasteiger partial charge in [0.2, 0.25) is 0 Å². The molecule has 6 nitrogen and oxygen atoms in total. The highest BCUT2D eigenvalue weighted by Gasteiger charge is 2.17. The Labute approximate surface area is 145 Å². The first kappa shape index (κ1) is 16.3. The number of urea groups is 1. The molecule has 2 amide bonds. The zero-order chi connectivity index (χ0) is 17.6. The Hall–Kier alpha value is -3.54. The summed E-state index contributed by atoms with van der Waals surface area (Å²) in [6.07, 6.45) is 1.73. The van der Waals surface area contributed by atoms with Gasteiger partial charge in [-0.2, -0.15) is 0 Å². The molecule has 0 saturated heterocycles. The first-order chi connectivity index (χ1) is 12.2. The molecular weight excluding hydrogens is 316 g/mol. The van der Waals surface area contributed by atoms with Crippen LogP contribution in [-0.2, 0) is 7.05 Å². The Morgan fingerprint density at radius 1 is 0.960 bits per heavy atom. The Morgan fingerprint density at radius 3 is 2.04 bits per heavy atom.